The number of hydrogen-bond donors (Lipinski definition) is 3. The number of nitrogens with zero attached hydrogens (tertiary/aromatic N) is 2. The number of benzene rings is 1. The van der Waals surface area contributed by atoms with Gasteiger partial charge in [0.25, 0.3) is 0 Å². The van der Waals surface area contributed by atoms with Gasteiger partial charge in [0.2, 0.25) is 11.8 Å². The maximum Gasteiger partial charge on any atom is 0.337 e. The van der Waals surface area contributed by atoms with E-state index < -0.39 is 5.97 Å². The minimum atomic E-state index is -0.418. The number of esters is 1. The van der Waals surface area contributed by atoms with Crippen LogP contribution in [0.4, 0.5) is 5.69 Å². The largest absolute Gasteiger partial charge is 0.465 e. The van der Waals surface area contributed by atoms with Gasteiger partial charge in [-0.1, -0.05) is 0 Å². The number of piperidine rings is 1. The van der Waals surface area contributed by atoms with Gasteiger partial charge < -0.3 is 15.0 Å². The molecule has 2 aliphatic rings. The highest BCUT2D eigenvalue weighted by atomic mass is 16.5. The van der Waals surface area contributed by atoms with Crippen molar-refractivity contribution >= 4 is 23.5 Å². The van der Waals surface area contributed by atoms with Gasteiger partial charge in [0.1, 0.15) is 6.04 Å². The van der Waals surface area contributed by atoms with Gasteiger partial charge in [-0.2, -0.15) is 0 Å². The normalized spacial score (nSPS) is 21.2. The van der Waals surface area contributed by atoms with E-state index in [1.54, 1.807) is 36.7 Å². The summed E-state index contributed by atoms with van der Waals surface area (Å²) in [6, 6.07) is 10.3. The molecule has 3 N–H and O–H groups in total. The van der Waals surface area contributed by atoms with Crippen LogP contribution < -0.4 is 16.2 Å². The van der Waals surface area contributed by atoms with Crippen molar-refractivity contribution in [2.45, 2.75) is 31.3 Å². The fourth-order valence-electron chi connectivity index (χ4n) is 4.17. The van der Waals surface area contributed by atoms with Crippen LogP contribution in [0.3, 0.4) is 0 Å². The maximum absolute atomic E-state index is 12.9. The maximum atomic E-state index is 12.9. The van der Waals surface area contributed by atoms with Crippen LogP contribution in [0.25, 0.3) is 0 Å². The summed E-state index contributed by atoms with van der Waals surface area (Å²) in [5.74, 6) is -0.579. The molecule has 0 saturated carbocycles. The number of anilines is 1. The fraction of sp³-hybridized carbons (Fsp3) is 0.391. The van der Waals surface area contributed by atoms with Crippen LogP contribution in [-0.2, 0) is 14.3 Å². The molecule has 4 rings (SSSR count). The lowest BCUT2D eigenvalue weighted by molar-refractivity contribution is -0.136. The van der Waals surface area contributed by atoms with Crippen molar-refractivity contribution in [1.82, 2.24) is 20.7 Å². The van der Waals surface area contributed by atoms with Gasteiger partial charge in [-0.25, -0.2) is 15.6 Å². The zero-order valence-corrected chi connectivity index (χ0v) is 17.9. The Morgan fingerprint density at radius 2 is 1.72 bits per heavy atom. The first-order valence-corrected chi connectivity index (χ1v) is 10.7. The Bertz CT molecular complexity index is 958. The van der Waals surface area contributed by atoms with Crippen LogP contribution in [0.2, 0.25) is 0 Å². The first-order chi connectivity index (χ1) is 15.5. The molecule has 168 valence electrons. The Morgan fingerprint density at radius 3 is 2.38 bits per heavy atom. The SMILES string of the molecule is COC(=O)c1ccc(NC(=O)C2CCN(C(=O)C3CC(c4ccncc4)NN3)CC2)cc1. The van der Waals surface area contributed by atoms with Gasteiger partial charge in [-0.3, -0.25) is 14.6 Å². The summed E-state index contributed by atoms with van der Waals surface area (Å²) in [6.07, 6.45) is 5.40. The molecule has 0 aliphatic carbocycles. The number of aromatic nitrogens is 1. The van der Waals surface area contributed by atoms with Gasteiger partial charge in [0.15, 0.2) is 0 Å². The van der Waals surface area contributed by atoms with E-state index in [0.717, 1.165) is 5.56 Å². The van der Waals surface area contributed by atoms with Crippen LogP contribution in [0.1, 0.15) is 41.2 Å². The Kier molecular flexibility index (Phi) is 6.77. The highest BCUT2D eigenvalue weighted by Crippen LogP contribution is 2.25. The first-order valence-electron chi connectivity index (χ1n) is 10.7. The number of hydrazine groups is 1. The molecular weight excluding hydrogens is 410 g/mol. The zero-order chi connectivity index (χ0) is 22.5. The molecule has 2 aromatic rings. The lowest BCUT2D eigenvalue weighted by Crippen LogP contribution is -2.49. The molecule has 2 fully saturated rings. The van der Waals surface area contributed by atoms with Crippen LogP contribution in [0, 0.1) is 5.92 Å². The second-order valence-electron chi connectivity index (χ2n) is 8.07. The lowest BCUT2D eigenvalue weighted by atomic mass is 9.94. The monoisotopic (exact) mass is 437 g/mol. The molecular formula is C23H27N5O4. The van der Waals surface area contributed by atoms with E-state index in [2.05, 4.69) is 25.9 Å². The van der Waals surface area contributed by atoms with Crippen LogP contribution in [0.15, 0.2) is 48.8 Å². The Hall–Kier alpha value is -3.30. The van der Waals surface area contributed by atoms with Gasteiger partial charge in [-0.15, -0.1) is 0 Å². The molecule has 2 unspecified atom stereocenters. The third-order valence-corrected chi connectivity index (χ3v) is 6.06. The quantitative estimate of drug-likeness (QED) is 0.610. The topological polar surface area (TPSA) is 113 Å². The van der Waals surface area contributed by atoms with Crippen molar-refractivity contribution in [2.24, 2.45) is 5.92 Å². The van der Waals surface area contributed by atoms with E-state index in [-0.39, 0.29) is 29.8 Å². The highest BCUT2D eigenvalue weighted by molar-refractivity contribution is 5.94. The number of rotatable bonds is 5. The van der Waals surface area contributed by atoms with Crippen molar-refractivity contribution in [3.8, 4) is 0 Å². The minimum Gasteiger partial charge on any atom is -0.465 e. The molecule has 9 heteroatoms. The number of methoxy groups -OCH3 is 1. The molecule has 3 heterocycles. The molecule has 32 heavy (non-hydrogen) atoms. The summed E-state index contributed by atoms with van der Waals surface area (Å²) in [4.78, 5) is 43.0. The van der Waals surface area contributed by atoms with Crippen molar-refractivity contribution in [3.63, 3.8) is 0 Å². The summed E-state index contributed by atoms with van der Waals surface area (Å²) in [7, 11) is 1.33. The van der Waals surface area contributed by atoms with E-state index >= 15 is 0 Å². The smallest absolute Gasteiger partial charge is 0.337 e. The number of likely N-dealkylation sites (tertiary alicyclic amines) is 1. The fourth-order valence-corrected chi connectivity index (χ4v) is 4.17. The number of nitrogens with one attached hydrogen (secondary N) is 3. The van der Waals surface area contributed by atoms with Crippen molar-refractivity contribution in [3.05, 3.63) is 59.9 Å². The zero-order valence-electron chi connectivity index (χ0n) is 17.9. The van der Waals surface area contributed by atoms with Crippen LogP contribution in [-0.4, -0.2) is 53.9 Å². The van der Waals surface area contributed by atoms with Gasteiger partial charge in [0.05, 0.1) is 12.7 Å². The predicted molar refractivity (Wildman–Crippen MR) is 117 cm³/mol. The first kappa shape index (κ1) is 21.9. The number of carbonyl (C=O) groups excluding carboxylic acids is 3. The summed E-state index contributed by atoms with van der Waals surface area (Å²) in [6.45, 7) is 1.10. The van der Waals surface area contributed by atoms with E-state index in [9.17, 15) is 14.4 Å². The molecule has 0 bridgehead atoms. The molecule has 2 amide bonds. The Labute approximate surface area is 186 Å². The summed E-state index contributed by atoms with van der Waals surface area (Å²) >= 11 is 0. The lowest BCUT2D eigenvalue weighted by Gasteiger charge is -2.32. The summed E-state index contributed by atoms with van der Waals surface area (Å²) < 4.78 is 4.68. The third-order valence-electron chi connectivity index (χ3n) is 6.06. The number of hydrogen-bond acceptors (Lipinski definition) is 7. The van der Waals surface area contributed by atoms with Gasteiger partial charge in [-0.05, 0) is 61.2 Å². The number of ether oxygens (including phenoxy) is 1. The van der Waals surface area contributed by atoms with E-state index in [1.807, 2.05) is 17.0 Å². The Balaban J connectivity index is 1.25. The molecule has 2 atom stereocenters. The van der Waals surface area contributed by atoms with Gasteiger partial charge >= 0.3 is 5.97 Å². The second-order valence-corrected chi connectivity index (χ2v) is 8.07. The van der Waals surface area contributed by atoms with E-state index in [0.29, 0.717) is 43.6 Å². The highest BCUT2D eigenvalue weighted by Gasteiger charge is 2.35. The van der Waals surface area contributed by atoms with Crippen molar-refractivity contribution in [1.29, 1.82) is 0 Å². The summed E-state index contributed by atoms with van der Waals surface area (Å²) in [5.41, 5.74) is 8.46. The average molecular weight is 438 g/mol. The van der Waals surface area contributed by atoms with Crippen LogP contribution >= 0.6 is 0 Å². The number of pyridine rings is 1. The Morgan fingerprint density at radius 1 is 1.03 bits per heavy atom. The molecule has 2 saturated heterocycles. The molecule has 9 nitrogen and oxygen atoms in total. The molecule has 0 radical (unpaired) electrons. The molecule has 1 aromatic carbocycles. The van der Waals surface area contributed by atoms with Crippen LogP contribution in [0.5, 0.6) is 0 Å². The summed E-state index contributed by atoms with van der Waals surface area (Å²) in [5, 5.41) is 2.90. The second kappa shape index (κ2) is 9.88. The number of amides is 2. The molecule has 0 spiro atoms. The average Bonchev–Trinajstić information content (AvgIpc) is 3.34. The minimum absolute atomic E-state index is 0.0614. The van der Waals surface area contributed by atoms with Gasteiger partial charge in [0, 0.05) is 43.1 Å². The van der Waals surface area contributed by atoms with Crippen molar-refractivity contribution < 1.29 is 19.1 Å². The molecule has 2 aliphatic heterocycles. The number of carbonyl (C=O) groups is 3. The van der Waals surface area contributed by atoms with Crippen molar-refractivity contribution in [2.75, 3.05) is 25.5 Å². The third kappa shape index (κ3) is 4.95. The standard InChI is InChI=1S/C23H27N5O4/c1-32-23(31)17-2-4-18(5-3-17)25-21(29)16-8-12-28(13-9-16)22(30)20-14-19(26-27-20)15-6-10-24-11-7-15/h2-7,10-11,16,19-20,26-27H,8-9,12-14H2,1H3,(H,25,29). The molecule has 1 aromatic heterocycles. The predicted octanol–water partition coefficient (Wildman–Crippen LogP) is 1.65. The van der Waals surface area contributed by atoms with E-state index in [4.69, 9.17) is 0 Å². The van der Waals surface area contributed by atoms with E-state index in [1.165, 1.54) is 7.11 Å².